The minimum absolute atomic E-state index is 0.251. The number of rotatable bonds is 5. The third-order valence-electron chi connectivity index (χ3n) is 2.40. The molecule has 1 rings (SSSR count). The summed E-state index contributed by atoms with van der Waals surface area (Å²) in [6.07, 6.45) is 0. The number of benzene rings is 1. The number of nitrogens with one attached hydrogen (secondary N) is 1. The van der Waals surface area contributed by atoms with Crippen molar-refractivity contribution in [3.8, 4) is 11.8 Å². The lowest BCUT2D eigenvalue weighted by Crippen LogP contribution is -2.49. The van der Waals surface area contributed by atoms with E-state index in [2.05, 4.69) is 11.4 Å². The Labute approximate surface area is 103 Å². The first-order chi connectivity index (χ1) is 7.95. The standard InChI is InChI=1S/C14H20N2O/c1-11(2)16-14(4,9-15)10-17-13-7-5-12(3)6-8-13/h5-8,11,16H,10H2,1-4H3. The van der Waals surface area contributed by atoms with Crippen LogP contribution in [-0.2, 0) is 0 Å². The fourth-order valence-electron chi connectivity index (χ4n) is 1.61. The number of aryl methyl sites for hydroxylation is 1. The molecule has 3 heteroatoms. The Kier molecular flexibility index (Phi) is 4.53. The van der Waals surface area contributed by atoms with Crippen molar-refractivity contribution in [2.45, 2.75) is 39.3 Å². The van der Waals surface area contributed by atoms with Gasteiger partial charge in [0.05, 0.1) is 6.07 Å². The van der Waals surface area contributed by atoms with E-state index in [0.717, 1.165) is 5.75 Å². The normalized spacial score (nSPS) is 14.1. The summed E-state index contributed by atoms with van der Waals surface area (Å²) in [6, 6.07) is 10.3. The maximum atomic E-state index is 9.16. The van der Waals surface area contributed by atoms with Gasteiger partial charge in [-0.05, 0) is 39.8 Å². The van der Waals surface area contributed by atoms with E-state index in [1.165, 1.54) is 5.56 Å². The number of nitrogens with zero attached hydrogens (tertiary/aromatic N) is 1. The topological polar surface area (TPSA) is 45.0 Å². The lowest BCUT2D eigenvalue weighted by atomic mass is 10.1. The van der Waals surface area contributed by atoms with Gasteiger partial charge >= 0.3 is 0 Å². The fraction of sp³-hybridized carbons (Fsp3) is 0.500. The molecule has 1 N–H and O–H groups in total. The van der Waals surface area contributed by atoms with Gasteiger partial charge in [-0.1, -0.05) is 17.7 Å². The van der Waals surface area contributed by atoms with Crippen molar-refractivity contribution >= 4 is 0 Å². The monoisotopic (exact) mass is 232 g/mol. The average Bonchev–Trinajstić information content (AvgIpc) is 2.27. The second-order valence-electron chi connectivity index (χ2n) is 4.84. The minimum Gasteiger partial charge on any atom is -0.491 e. The van der Waals surface area contributed by atoms with Crippen LogP contribution in [0, 0.1) is 18.3 Å². The lowest BCUT2D eigenvalue weighted by Gasteiger charge is -2.25. The third-order valence-corrected chi connectivity index (χ3v) is 2.40. The third kappa shape index (κ3) is 4.46. The van der Waals surface area contributed by atoms with Gasteiger partial charge in [-0.2, -0.15) is 5.26 Å². The summed E-state index contributed by atoms with van der Waals surface area (Å²) >= 11 is 0. The zero-order valence-electron chi connectivity index (χ0n) is 10.9. The Balaban J connectivity index is 2.59. The summed E-state index contributed by atoms with van der Waals surface area (Å²) in [5.41, 5.74) is 0.541. The average molecular weight is 232 g/mol. The summed E-state index contributed by atoms with van der Waals surface area (Å²) in [5.74, 6) is 0.794. The van der Waals surface area contributed by atoms with Gasteiger partial charge in [0.2, 0.25) is 0 Å². The van der Waals surface area contributed by atoms with Crippen molar-refractivity contribution in [3.05, 3.63) is 29.8 Å². The molecule has 1 aromatic rings. The molecule has 3 nitrogen and oxygen atoms in total. The van der Waals surface area contributed by atoms with Crippen LogP contribution in [0.5, 0.6) is 5.75 Å². The zero-order valence-corrected chi connectivity index (χ0v) is 10.9. The molecular formula is C14H20N2O. The molecule has 0 amide bonds. The van der Waals surface area contributed by atoms with Crippen LogP contribution >= 0.6 is 0 Å². The Hall–Kier alpha value is -1.53. The summed E-state index contributed by atoms with van der Waals surface area (Å²) in [4.78, 5) is 0. The molecule has 0 heterocycles. The first-order valence-corrected chi connectivity index (χ1v) is 5.83. The summed E-state index contributed by atoms with van der Waals surface area (Å²) in [7, 11) is 0. The van der Waals surface area contributed by atoms with E-state index in [9.17, 15) is 0 Å². The number of hydrogen-bond donors (Lipinski definition) is 1. The molecule has 0 aliphatic rings. The number of nitriles is 1. The molecule has 92 valence electrons. The van der Waals surface area contributed by atoms with Crippen LogP contribution in [0.4, 0.5) is 0 Å². The van der Waals surface area contributed by atoms with Crippen molar-refractivity contribution in [1.29, 1.82) is 5.26 Å². The van der Waals surface area contributed by atoms with Gasteiger partial charge in [-0.3, -0.25) is 5.32 Å². The summed E-state index contributed by atoms with van der Waals surface area (Å²) < 4.78 is 5.63. The van der Waals surface area contributed by atoms with Crippen LogP contribution in [0.1, 0.15) is 26.3 Å². The van der Waals surface area contributed by atoms with E-state index in [-0.39, 0.29) is 6.04 Å². The summed E-state index contributed by atoms with van der Waals surface area (Å²) in [5, 5.41) is 12.4. The fourth-order valence-corrected chi connectivity index (χ4v) is 1.61. The first kappa shape index (κ1) is 13.5. The molecule has 17 heavy (non-hydrogen) atoms. The smallest absolute Gasteiger partial charge is 0.138 e. The van der Waals surface area contributed by atoms with Crippen LogP contribution in [-0.4, -0.2) is 18.2 Å². The van der Waals surface area contributed by atoms with Gasteiger partial charge in [0.25, 0.3) is 0 Å². The van der Waals surface area contributed by atoms with Crippen molar-refractivity contribution in [2.75, 3.05) is 6.61 Å². The van der Waals surface area contributed by atoms with Crippen molar-refractivity contribution < 1.29 is 4.74 Å². The first-order valence-electron chi connectivity index (χ1n) is 5.83. The van der Waals surface area contributed by atoms with E-state index in [1.54, 1.807) is 0 Å². The predicted molar refractivity (Wildman–Crippen MR) is 69.0 cm³/mol. The molecular weight excluding hydrogens is 212 g/mol. The van der Waals surface area contributed by atoms with E-state index >= 15 is 0 Å². The Bertz CT molecular complexity index is 392. The van der Waals surface area contributed by atoms with E-state index < -0.39 is 5.54 Å². The summed E-state index contributed by atoms with van der Waals surface area (Å²) in [6.45, 7) is 8.25. The maximum absolute atomic E-state index is 9.16. The lowest BCUT2D eigenvalue weighted by molar-refractivity contribution is 0.225. The van der Waals surface area contributed by atoms with Gasteiger partial charge in [-0.25, -0.2) is 0 Å². The van der Waals surface area contributed by atoms with E-state index in [1.807, 2.05) is 52.0 Å². The highest BCUT2D eigenvalue weighted by Crippen LogP contribution is 2.14. The second-order valence-corrected chi connectivity index (χ2v) is 4.84. The Morgan fingerprint density at radius 1 is 1.35 bits per heavy atom. The highest BCUT2D eigenvalue weighted by atomic mass is 16.5. The highest BCUT2D eigenvalue weighted by molar-refractivity contribution is 5.26. The molecule has 0 aromatic heterocycles. The van der Waals surface area contributed by atoms with Crippen LogP contribution in [0.25, 0.3) is 0 Å². The largest absolute Gasteiger partial charge is 0.491 e. The van der Waals surface area contributed by atoms with E-state index in [0.29, 0.717) is 6.61 Å². The number of ether oxygens (including phenoxy) is 1. The van der Waals surface area contributed by atoms with Crippen LogP contribution in [0.3, 0.4) is 0 Å². The maximum Gasteiger partial charge on any atom is 0.138 e. The Morgan fingerprint density at radius 3 is 2.41 bits per heavy atom. The van der Waals surface area contributed by atoms with Gasteiger partial charge in [0.1, 0.15) is 17.9 Å². The molecule has 1 unspecified atom stereocenters. The van der Waals surface area contributed by atoms with Crippen LogP contribution < -0.4 is 10.1 Å². The minimum atomic E-state index is -0.654. The van der Waals surface area contributed by atoms with Crippen molar-refractivity contribution in [2.24, 2.45) is 0 Å². The molecule has 0 saturated heterocycles. The molecule has 1 aromatic carbocycles. The molecule has 0 spiro atoms. The van der Waals surface area contributed by atoms with Crippen molar-refractivity contribution in [1.82, 2.24) is 5.32 Å². The van der Waals surface area contributed by atoms with Crippen LogP contribution in [0.2, 0.25) is 0 Å². The van der Waals surface area contributed by atoms with Crippen molar-refractivity contribution in [3.63, 3.8) is 0 Å². The predicted octanol–water partition coefficient (Wildman–Crippen LogP) is 2.65. The van der Waals surface area contributed by atoms with E-state index in [4.69, 9.17) is 10.00 Å². The van der Waals surface area contributed by atoms with Crippen LogP contribution in [0.15, 0.2) is 24.3 Å². The SMILES string of the molecule is Cc1ccc(OCC(C)(C#N)NC(C)C)cc1. The Morgan fingerprint density at radius 2 is 1.94 bits per heavy atom. The van der Waals surface area contributed by atoms with Gasteiger partial charge < -0.3 is 4.74 Å². The molecule has 0 fully saturated rings. The molecule has 0 bridgehead atoms. The van der Waals surface area contributed by atoms with Gasteiger partial charge in [0.15, 0.2) is 0 Å². The highest BCUT2D eigenvalue weighted by Gasteiger charge is 2.25. The molecule has 1 atom stereocenters. The number of hydrogen-bond acceptors (Lipinski definition) is 3. The molecule has 0 aliphatic heterocycles. The second kappa shape index (κ2) is 5.70. The molecule has 0 saturated carbocycles. The molecule has 0 radical (unpaired) electrons. The molecule has 0 aliphatic carbocycles. The quantitative estimate of drug-likeness (QED) is 0.849. The van der Waals surface area contributed by atoms with Gasteiger partial charge in [0, 0.05) is 6.04 Å². The zero-order chi connectivity index (χ0) is 12.9. The van der Waals surface area contributed by atoms with Gasteiger partial charge in [-0.15, -0.1) is 0 Å².